The van der Waals surface area contributed by atoms with Gasteiger partial charge < -0.3 is 10.2 Å². The molecule has 1 N–H and O–H groups in total. The van der Waals surface area contributed by atoms with E-state index in [1.54, 1.807) is 6.20 Å². The first kappa shape index (κ1) is 18.6. The van der Waals surface area contributed by atoms with E-state index >= 15 is 0 Å². The highest BCUT2D eigenvalue weighted by Crippen LogP contribution is 2.19. The lowest BCUT2D eigenvalue weighted by Crippen LogP contribution is -2.37. The molecule has 5 heteroatoms. The van der Waals surface area contributed by atoms with Crippen molar-refractivity contribution in [2.45, 2.75) is 19.3 Å². The van der Waals surface area contributed by atoms with E-state index in [1.165, 1.54) is 31.5 Å². The molecule has 1 saturated heterocycles. The molecule has 1 fully saturated rings. The molecule has 3 heterocycles. The van der Waals surface area contributed by atoms with Crippen molar-refractivity contribution in [1.82, 2.24) is 19.9 Å². The van der Waals surface area contributed by atoms with Crippen LogP contribution in [0.3, 0.4) is 0 Å². The van der Waals surface area contributed by atoms with Crippen molar-refractivity contribution in [2.75, 3.05) is 31.5 Å². The maximum atomic E-state index is 4.63. The molecule has 1 aromatic carbocycles. The van der Waals surface area contributed by atoms with Crippen molar-refractivity contribution >= 4 is 5.95 Å². The van der Waals surface area contributed by atoms with Crippen LogP contribution in [0.25, 0.3) is 11.3 Å². The van der Waals surface area contributed by atoms with Gasteiger partial charge in [-0.2, -0.15) is 0 Å². The highest BCUT2D eigenvalue weighted by atomic mass is 15.1. The second kappa shape index (κ2) is 9.42. The van der Waals surface area contributed by atoms with Gasteiger partial charge in [0.15, 0.2) is 0 Å². The Kier molecular flexibility index (Phi) is 6.25. The van der Waals surface area contributed by atoms with E-state index in [4.69, 9.17) is 0 Å². The lowest BCUT2D eigenvalue weighted by atomic mass is 9.96. The number of pyridine rings is 1. The smallest absolute Gasteiger partial charge is 0.223 e. The Balaban J connectivity index is 1.22. The number of aromatic nitrogens is 3. The molecule has 28 heavy (non-hydrogen) atoms. The van der Waals surface area contributed by atoms with Crippen molar-refractivity contribution in [2.24, 2.45) is 5.92 Å². The summed E-state index contributed by atoms with van der Waals surface area (Å²) < 4.78 is 0. The standard InChI is InChI=1S/C23H27N5/c1-2-5-19(6-3-1)9-14-28-15-10-20(11-16-28)17-26-23-25-13-8-22(27-23)21-7-4-12-24-18-21/h1-8,12-13,18,20H,9-11,14-17H2,(H,25,26,27). The van der Waals surface area contributed by atoms with Gasteiger partial charge in [0.05, 0.1) is 5.69 Å². The fourth-order valence-corrected chi connectivity index (χ4v) is 3.70. The first-order valence-corrected chi connectivity index (χ1v) is 10.1. The van der Waals surface area contributed by atoms with Gasteiger partial charge in [0.2, 0.25) is 5.95 Å². The summed E-state index contributed by atoms with van der Waals surface area (Å²) in [5.74, 6) is 1.38. The van der Waals surface area contributed by atoms with Gasteiger partial charge in [0.1, 0.15) is 0 Å². The normalized spacial score (nSPS) is 15.4. The van der Waals surface area contributed by atoms with Crippen molar-refractivity contribution in [3.05, 3.63) is 72.7 Å². The number of piperidine rings is 1. The molecule has 0 atom stereocenters. The summed E-state index contributed by atoms with van der Waals surface area (Å²) in [6.45, 7) is 4.44. The predicted molar refractivity (Wildman–Crippen MR) is 113 cm³/mol. The van der Waals surface area contributed by atoms with Gasteiger partial charge in [-0.1, -0.05) is 30.3 Å². The minimum absolute atomic E-state index is 0.679. The van der Waals surface area contributed by atoms with E-state index in [0.717, 1.165) is 30.8 Å². The molecular formula is C23H27N5. The van der Waals surface area contributed by atoms with Crippen LogP contribution in [-0.2, 0) is 6.42 Å². The van der Waals surface area contributed by atoms with Crippen LogP contribution in [0.4, 0.5) is 5.95 Å². The first-order chi connectivity index (χ1) is 13.9. The predicted octanol–water partition coefficient (Wildman–Crippen LogP) is 3.91. The molecule has 0 bridgehead atoms. The zero-order chi connectivity index (χ0) is 19.0. The van der Waals surface area contributed by atoms with Gasteiger partial charge in [-0.05, 0) is 62.0 Å². The molecule has 0 unspecified atom stereocenters. The molecule has 0 spiro atoms. The Morgan fingerprint density at radius 1 is 0.964 bits per heavy atom. The topological polar surface area (TPSA) is 53.9 Å². The van der Waals surface area contributed by atoms with E-state index < -0.39 is 0 Å². The zero-order valence-electron chi connectivity index (χ0n) is 16.2. The average molecular weight is 374 g/mol. The number of nitrogens with one attached hydrogen (secondary N) is 1. The van der Waals surface area contributed by atoms with Gasteiger partial charge in [-0.3, -0.25) is 4.98 Å². The van der Waals surface area contributed by atoms with Gasteiger partial charge in [0.25, 0.3) is 0 Å². The summed E-state index contributed by atoms with van der Waals surface area (Å²) in [6, 6.07) is 16.6. The fourth-order valence-electron chi connectivity index (χ4n) is 3.70. The van der Waals surface area contributed by atoms with Gasteiger partial charge in [-0.15, -0.1) is 0 Å². The number of hydrogen-bond donors (Lipinski definition) is 1. The SMILES string of the molecule is c1ccc(CCN2CCC(CNc3nccc(-c4cccnc4)n3)CC2)cc1. The lowest BCUT2D eigenvalue weighted by Gasteiger charge is -2.32. The Labute approximate surface area is 166 Å². The summed E-state index contributed by atoms with van der Waals surface area (Å²) >= 11 is 0. The van der Waals surface area contributed by atoms with Crippen molar-refractivity contribution in [3.63, 3.8) is 0 Å². The lowest BCUT2D eigenvalue weighted by molar-refractivity contribution is 0.191. The van der Waals surface area contributed by atoms with E-state index in [0.29, 0.717) is 11.9 Å². The third-order valence-corrected chi connectivity index (χ3v) is 5.43. The molecule has 1 aliphatic rings. The van der Waals surface area contributed by atoms with E-state index in [9.17, 15) is 0 Å². The quantitative estimate of drug-likeness (QED) is 0.681. The van der Waals surface area contributed by atoms with Crippen LogP contribution in [0, 0.1) is 5.92 Å². The number of rotatable bonds is 7. The first-order valence-electron chi connectivity index (χ1n) is 10.1. The van der Waals surface area contributed by atoms with Gasteiger partial charge in [0, 0.05) is 37.2 Å². The van der Waals surface area contributed by atoms with E-state index in [1.807, 2.05) is 30.6 Å². The highest BCUT2D eigenvalue weighted by molar-refractivity contribution is 5.58. The summed E-state index contributed by atoms with van der Waals surface area (Å²) in [5.41, 5.74) is 3.35. The molecule has 4 rings (SSSR count). The van der Waals surface area contributed by atoms with Gasteiger partial charge in [-0.25, -0.2) is 9.97 Å². The molecular weight excluding hydrogens is 346 g/mol. The van der Waals surface area contributed by atoms with Crippen LogP contribution in [-0.4, -0.2) is 46.0 Å². The van der Waals surface area contributed by atoms with Crippen LogP contribution in [0.15, 0.2) is 67.1 Å². The highest BCUT2D eigenvalue weighted by Gasteiger charge is 2.19. The number of anilines is 1. The van der Waals surface area contributed by atoms with Crippen molar-refractivity contribution < 1.29 is 0 Å². The molecule has 2 aromatic heterocycles. The van der Waals surface area contributed by atoms with Crippen LogP contribution in [0.2, 0.25) is 0 Å². The second-order valence-corrected chi connectivity index (χ2v) is 7.41. The number of hydrogen-bond acceptors (Lipinski definition) is 5. The third-order valence-electron chi connectivity index (χ3n) is 5.43. The Morgan fingerprint density at radius 3 is 2.61 bits per heavy atom. The third kappa shape index (κ3) is 5.14. The van der Waals surface area contributed by atoms with Crippen LogP contribution in [0.1, 0.15) is 18.4 Å². The zero-order valence-corrected chi connectivity index (χ0v) is 16.2. The Hall–Kier alpha value is -2.79. The van der Waals surface area contributed by atoms with Crippen molar-refractivity contribution in [1.29, 1.82) is 0 Å². The minimum Gasteiger partial charge on any atom is -0.354 e. The molecule has 0 saturated carbocycles. The van der Waals surface area contributed by atoms with E-state index in [2.05, 4.69) is 55.5 Å². The maximum Gasteiger partial charge on any atom is 0.223 e. The van der Waals surface area contributed by atoms with Crippen LogP contribution >= 0.6 is 0 Å². The molecule has 3 aromatic rings. The van der Waals surface area contributed by atoms with Crippen molar-refractivity contribution in [3.8, 4) is 11.3 Å². The number of likely N-dealkylation sites (tertiary alicyclic amines) is 1. The number of benzene rings is 1. The Morgan fingerprint density at radius 2 is 1.82 bits per heavy atom. The van der Waals surface area contributed by atoms with Gasteiger partial charge >= 0.3 is 0 Å². The van der Waals surface area contributed by atoms with Crippen LogP contribution in [0.5, 0.6) is 0 Å². The van der Waals surface area contributed by atoms with E-state index in [-0.39, 0.29) is 0 Å². The average Bonchev–Trinajstić information content (AvgIpc) is 2.78. The summed E-state index contributed by atoms with van der Waals surface area (Å²) in [7, 11) is 0. The maximum absolute atomic E-state index is 4.63. The molecule has 1 aliphatic heterocycles. The largest absolute Gasteiger partial charge is 0.354 e. The molecule has 144 valence electrons. The van der Waals surface area contributed by atoms with Crippen LogP contribution < -0.4 is 5.32 Å². The Bertz CT molecular complexity index is 845. The summed E-state index contributed by atoms with van der Waals surface area (Å²) in [6.07, 6.45) is 9.00. The second-order valence-electron chi connectivity index (χ2n) is 7.41. The molecule has 5 nitrogen and oxygen atoms in total. The number of nitrogens with zero attached hydrogens (tertiary/aromatic N) is 4. The molecule has 0 radical (unpaired) electrons. The minimum atomic E-state index is 0.679. The molecule has 0 aliphatic carbocycles. The summed E-state index contributed by atoms with van der Waals surface area (Å²) in [5, 5.41) is 3.44. The summed E-state index contributed by atoms with van der Waals surface area (Å²) in [4.78, 5) is 15.8. The monoisotopic (exact) mass is 373 g/mol. The molecule has 0 amide bonds. The fraction of sp³-hybridized carbons (Fsp3) is 0.348.